The van der Waals surface area contributed by atoms with Gasteiger partial charge in [-0.3, -0.25) is 14.6 Å². The number of pyridine rings is 1. The number of alkyl halides is 3. The predicted molar refractivity (Wildman–Crippen MR) is 145 cm³/mol. The second-order valence-corrected chi connectivity index (χ2v) is 10.6. The number of aliphatic hydroxyl groups excluding tert-OH is 1. The van der Waals surface area contributed by atoms with E-state index in [9.17, 15) is 27.9 Å². The molecule has 1 aliphatic heterocycles. The number of fused-ring (bicyclic) bond motifs is 1. The summed E-state index contributed by atoms with van der Waals surface area (Å²) in [5, 5.41) is 10.7. The summed E-state index contributed by atoms with van der Waals surface area (Å²) in [6, 6.07) is 16.1. The van der Waals surface area contributed by atoms with Crippen LogP contribution in [0.3, 0.4) is 0 Å². The first-order chi connectivity index (χ1) is 19.7. The van der Waals surface area contributed by atoms with Crippen LogP contribution < -0.4 is 5.56 Å². The van der Waals surface area contributed by atoms with E-state index >= 15 is 0 Å². The number of hydrogen-bond acceptors (Lipinski definition) is 5. The Labute approximate surface area is 233 Å². The third-order valence-corrected chi connectivity index (χ3v) is 7.98. The van der Waals surface area contributed by atoms with Crippen molar-refractivity contribution in [2.45, 2.75) is 49.9 Å². The van der Waals surface area contributed by atoms with Crippen molar-refractivity contribution in [3.8, 4) is 11.1 Å². The van der Waals surface area contributed by atoms with Gasteiger partial charge in [-0.05, 0) is 66.1 Å². The van der Waals surface area contributed by atoms with Crippen LogP contribution in [-0.4, -0.2) is 37.4 Å². The number of amides is 1. The molecule has 6 rings (SSSR count). The summed E-state index contributed by atoms with van der Waals surface area (Å²) in [4.78, 5) is 39.9. The molecule has 3 heterocycles. The molecule has 2 aliphatic rings. The molecule has 2 aromatic heterocycles. The van der Waals surface area contributed by atoms with E-state index in [1.54, 1.807) is 12.4 Å². The molecule has 1 amide bonds. The minimum absolute atomic E-state index is 0.0870. The second-order valence-electron chi connectivity index (χ2n) is 10.6. The highest BCUT2D eigenvalue weighted by atomic mass is 19.4. The van der Waals surface area contributed by atoms with Crippen molar-refractivity contribution >= 4 is 5.91 Å². The number of carbonyl (C=O) groups excluding carboxylic acids is 1. The number of nitrogens with one attached hydrogen (secondary N) is 1. The summed E-state index contributed by atoms with van der Waals surface area (Å²) in [6.07, 6.45) is -0.242. The first kappa shape index (κ1) is 26.9. The van der Waals surface area contributed by atoms with Crippen LogP contribution in [0.5, 0.6) is 0 Å². The fourth-order valence-corrected chi connectivity index (χ4v) is 5.55. The Hall–Kier alpha value is -4.31. The zero-order valence-corrected chi connectivity index (χ0v) is 22.0. The summed E-state index contributed by atoms with van der Waals surface area (Å²) in [7, 11) is 0. The Kier molecular flexibility index (Phi) is 6.73. The lowest BCUT2D eigenvalue weighted by atomic mass is 9.92. The molecule has 0 spiro atoms. The minimum Gasteiger partial charge on any atom is -0.378 e. The molecule has 4 aromatic rings. The molecule has 0 radical (unpaired) electrons. The van der Waals surface area contributed by atoms with Gasteiger partial charge in [0, 0.05) is 18.9 Å². The molecule has 41 heavy (non-hydrogen) atoms. The van der Waals surface area contributed by atoms with E-state index in [0.717, 1.165) is 47.7 Å². The molecule has 2 aromatic carbocycles. The van der Waals surface area contributed by atoms with E-state index in [1.807, 2.05) is 30.3 Å². The van der Waals surface area contributed by atoms with E-state index in [-0.39, 0.29) is 24.2 Å². The van der Waals surface area contributed by atoms with Gasteiger partial charge in [0.1, 0.15) is 5.82 Å². The standard InChI is InChI=1S/C31H27F3N4O3/c32-31(33,34)23-9-2-6-20(16-23)26(39)28(41)38-14-4-10-25-24(18-38)27(40)37-29(36-25)30(11-12-30)22-8-1-5-19(15-22)21-7-3-13-35-17-21/h1-3,5-9,13,15-17,26,39H,4,10-12,14,18H2,(H,36,37,40)/t26-/m1/s1. The molecule has 0 bridgehead atoms. The van der Waals surface area contributed by atoms with Gasteiger partial charge in [0.25, 0.3) is 11.5 Å². The number of nitrogens with zero attached hydrogens (tertiary/aromatic N) is 3. The summed E-state index contributed by atoms with van der Waals surface area (Å²) in [6.45, 7) is 0.147. The second kappa shape index (κ2) is 10.3. The summed E-state index contributed by atoms with van der Waals surface area (Å²) in [5.74, 6) is -0.167. The maximum Gasteiger partial charge on any atom is 0.416 e. The molecule has 1 atom stereocenters. The van der Waals surface area contributed by atoms with Crippen LogP contribution in [0.15, 0.2) is 77.9 Å². The first-order valence-electron chi connectivity index (χ1n) is 13.4. The number of rotatable bonds is 5. The third kappa shape index (κ3) is 5.15. The van der Waals surface area contributed by atoms with E-state index in [0.29, 0.717) is 29.9 Å². The van der Waals surface area contributed by atoms with Gasteiger partial charge in [-0.2, -0.15) is 13.2 Å². The molecule has 10 heteroatoms. The fraction of sp³-hybridized carbons (Fsp3) is 0.290. The van der Waals surface area contributed by atoms with Crippen molar-refractivity contribution in [3.05, 3.63) is 117 Å². The molecule has 1 aliphatic carbocycles. The van der Waals surface area contributed by atoms with Crippen LogP contribution in [0, 0.1) is 0 Å². The van der Waals surface area contributed by atoms with Gasteiger partial charge in [-0.15, -0.1) is 0 Å². The van der Waals surface area contributed by atoms with Gasteiger partial charge in [-0.25, -0.2) is 4.98 Å². The molecule has 1 fully saturated rings. The van der Waals surface area contributed by atoms with E-state index in [4.69, 9.17) is 4.98 Å². The van der Waals surface area contributed by atoms with Crippen molar-refractivity contribution in [1.29, 1.82) is 0 Å². The number of aliphatic hydroxyl groups is 1. The summed E-state index contributed by atoms with van der Waals surface area (Å²) >= 11 is 0. The Morgan fingerprint density at radius 2 is 1.83 bits per heavy atom. The maximum absolute atomic E-state index is 13.4. The normalized spacial score (nSPS) is 16.9. The van der Waals surface area contributed by atoms with Gasteiger partial charge >= 0.3 is 6.18 Å². The average molecular weight is 561 g/mol. The fourth-order valence-electron chi connectivity index (χ4n) is 5.55. The van der Waals surface area contributed by atoms with Gasteiger partial charge in [-0.1, -0.05) is 42.5 Å². The zero-order chi connectivity index (χ0) is 28.8. The summed E-state index contributed by atoms with van der Waals surface area (Å²) in [5.41, 5.74) is 2.13. The van der Waals surface area contributed by atoms with Crippen LogP contribution >= 0.6 is 0 Å². The number of aryl methyl sites for hydroxylation is 1. The lowest BCUT2D eigenvalue weighted by molar-refractivity contribution is -0.142. The molecule has 2 N–H and O–H groups in total. The Bertz CT molecular complexity index is 1670. The van der Waals surface area contributed by atoms with Gasteiger partial charge in [0.2, 0.25) is 0 Å². The van der Waals surface area contributed by atoms with Crippen LogP contribution in [-0.2, 0) is 29.4 Å². The number of halogens is 3. The minimum atomic E-state index is -4.60. The smallest absolute Gasteiger partial charge is 0.378 e. The lowest BCUT2D eigenvalue weighted by Crippen LogP contribution is -2.36. The predicted octanol–water partition coefficient (Wildman–Crippen LogP) is 4.94. The Morgan fingerprint density at radius 3 is 2.56 bits per heavy atom. The van der Waals surface area contributed by atoms with Crippen LogP contribution in [0.25, 0.3) is 11.1 Å². The monoisotopic (exact) mass is 560 g/mol. The van der Waals surface area contributed by atoms with Crippen molar-refractivity contribution in [1.82, 2.24) is 19.9 Å². The average Bonchev–Trinajstić information content (AvgIpc) is 3.81. The number of H-pyrrole nitrogens is 1. The maximum atomic E-state index is 13.4. The quantitative estimate of drug-likeness (QED) is 0.360. The van der Waals surface area contributed by atoms with Crippen LogP contribution in [0.1, 0.15) is 59.1 Å². The number of benzene rings is 2. The SMILES string of the molecule is O=C([C@H](O)c1cccc(C(F)(F)F)c1)N1CCCc2nc(C3(c4cccc(-c5cccnc5)c4)CC3)[nH]c(=O)c2C1. The number of aromatic amines is 1. The largest absolute Gasteiger partial charge is 0.416 e. The molecule has 1 saturated carbocycles. The number of carbonyl (C=O) groups is 1. The Balaban J connectivity index is 1.26. The molecule has 0 saturated heterocycles. The van der Waals surface area contributed by atoms with E-state index in [1.165, 1.54) is 11.0 Å². The zero-order valence-electron chi connectivity index (χ0n) is 22.0. The third-order valence-electron chi connectivity index (χ3n) is 7.98. The molecule has 0 unspecified atom stereocenters. The highest BCUT2D eigenvalue weighted by Crippen LogP contribution is 2.52. The number of aromatic nitrogens is 3. The number of hydrogen-bond donors (Lipinski definition) is 2. The summed E-state index contributed by atoms with van der Waals surface area (Å²) < 4.78 is 39.5. The molecular weight excluding hydrogens is 533 g/mol. The van der Waals surface area contributed by atoms with Crippen molar-refractivity contribution in [3.63, 3.8) is 0 Å². The topological polar surface area (TPSA) is 99.2 Å². The lowest BCUT2D eigenvalue weighted by Gasteiger charge is -2.24. The van der Waals surface area contributed by atoms with Gasteiger partial charge in [0.05, 0.1) is 28.8 Å². The molecule has 7 nitrogen and oxygen atoms in total. The highest BCUT2D eigenvalue weighted by Gasteiger charge is 2.49. The van der Waals surface area contributed by atoms with Crippen molar-refractivity contribution in [2.24, 2.45) is 0 Å². The van der Waals surface area contributed by atoms with Crippen LogP contribution in [0.2, 0.25) is 0 Å². The highest BCUT2D eigenvalue weighted by molar-refractivity contribution is 5.82. The molecular formula is C31H27F3N4O3. The van der Waals surface area contributed by atoms with Crippen molar-refractivity contribution < 1.29 is 23.1 Å². The first-order valence-corrected chi connectivity index (χ1v) is 13.4. The van der Waals surface area contributed by atoms with E-state index < -0.39 is 29.2 Å². The van der Waals surface area contributed by atoms with Gasteiger partial charge in [0.15, 0.2) is 6.10 Å². The van der Waals surface area contributed by atoms with Crippen molar-refractivity contribution in [2.75, 3.05) is 6.54 Å². The van der Waals surface area contributed by atoms with Gasteiger partial charge < -0.3 is 15.0 Å². The molecule has 210 valence electrons. The van der Waals surface area contributed by atoms with Crippen LogP contribution in [0.4, 0.5) is 13.2 Å². The Morgan fingerprint density at radius 1 is 1.05 bits per heavy atom. The van der Waals surface area contributed by atoms with E-state index in [2.05, 4.69) is 16.0 Å².